The lowest BCUT2D eigenvalue weighted by Crippen LogP contribution is -2.30. The summed E-state index contributed by atoms with van der Waals surface area (Å²) in [5, 5.41) is 16.1. The van der Waals surface area contributed by atoms with Gasteiger partial charge in [0.25, 0.3) is 0 Å². The number of aromatic nitrogens is 2. The van der Waals surface area contributed by atoms with E-state index in [1.807, 2.05) is 37.3 Å². The molecule has 0 spiro atoms. The molecule has 6 nitrogen and oxygen atoms in total. The molecule has 1 atom stereocenters. The van der Waals surface area contributed by atoms with Crippen molar-refractivity contribution < 1.29 is 14.6 Å². The van der Waals surface area contributed by atoms with E-state index in [0.717, 1.165) is 11.3 Å². The monoisotopic (exact) mass is 303 g/mol. The molecule has 0 aliphatic heterocycles. The number of nitrogens with one attached hydrogen (secondary N) is 1. The van der Waals surface area contributed by atoms with E-state index < -0.39 is 5.97 Å². The van der Waals surface area contributed by atoms with Crippen molar-refractivity contribution in [2.24, 2.45) is 7.05 Å². The maximum absolute atomic E-state index is 10.9. The van der Waals surface area contributed by atoms with Gasteiger partial charge < -0.3 is 15.2 Å². The standard InChI is InChI=1S/C16H21N3O3/c1-12(10-22-11-13-6-4-3-5-7-13)17-9-14-8-15(16(20)21)18-19(14)2/h3-8,12,17H,9-11H2,1-2H3,(H,20,21). The highest BCUT2D eigenvalue weighted by Crippen LogP contribution is 2.04. The summed E-state index contributed by atoms with van der Waals surface area (Å²) >= 11 is 0. The van der Waals surface area contributed by atoms with E-state index in [1.165, 1.54) is 0 Å². The second-order valence-electron chi connectivity index (χ2n) is 5.23. The smallest absolute Gasteiger partial charge is 0.356 e. The first-order chi connectivity index (χ1) is 10.6. The summed E-state index contributed by atoms with van der Waals surface area (Å²) in [5.74, 6) is -1.01. The Balaban J connectivity index is 1.73. The Morgan fingerprint density at radius 2 is 2.14 bits per heavy atom. The second kappa shape index (κ2) is 7.72. The number of benzene rings is 1. The molecule has 2 rings (SSSR count). The van der Waals surface area contributed by atoms with Crippen molar-refractivity contribution >= 4 is 5.97 Å². The van der Waals surface area contributed by atoms with Crippen LogP contribution in [-0.4, -0.2) is 33.5 Å². The van der Waals surface area contributed by atoms with E-state index in [2.05, 4.69) is 10.4 Å². The Morgan fingerprint density at radius 3 is 2.77 bits per heavy atom. The Labute approximate surface area is 129 Å². The number of nitrogens with zero attached hydrogens (tertiary/aromatic N) is 2. The van der Waals surface area contributed by atoms with Gasteiger partial charge in [-0.05, 0) is 18.6 Å². The van der Waals surface area contributed by atoms with Gasteiger partial charge in [-0.1, -0.05) is 30.3 Å². The van der Waals surface area contributed by atoms with Crippen molar-refractivity contribution in [1.29, 1.82) is 0 Å². The molecule has 22 heavy (non-hydrogen) atoms. The van der Waals surface area contributed by atoms with Crippen molar-refractivity contribution in [3.8, 4) is 0 Å². The molecule has 1 heterocycles. The summed E-state index contributed by atoms with van der Waals surface area (Å²) in [7, 11) is 1.74. The average molecular weight is 303 g/mol. The normalized spacial score (nSPS) is 12.3. The Hall–Kier alpha value is -2.18. The second-order valence-corrected chi connectivity index (χ2v) is 5.23. The fraction of sp³-hybridized carbons (Fsp3) is 0.375. The molecule has 2 aromatic rings. The molecule has 118 valence electrons. The molecule has 0 saturated heterocycles. The van der Waals surface area contributed by atoms with E-state index in [-0.39, 0.29) is 11.7 Å². The van der Waals surface area contributed by atoms with Gasteiger partial charge in [0.05, 0.1) is 18.9 Å². The summed E-state index contributed by atoms with van der Waals surface area (Å²) in [6, 6.07) is 11.8. The molecule has 0 bridgehead atoms. The zero-order chi connectivity index (χ0) is 15.9. The first-order valence-corrected chi connectivity index (χ1v) is 7.17. The highest BCUT2D eigenvalue weighted by Gasteiger charge is 2.11. The summed E-state index contributed by atoms with van der Waals surface area (Å²) in [5.41, 5.74) is 2.03. The van der Waals surface area contributed by atoms with Gasteiger partial charge in [0.15, 0.2) is 5.69 Å². The van der Waals surface area contributed by atoms with Crippen molar-refractivity contribution in [3.05, 3.63) is 53.3 Å². The average Bonchev–Trinajstić information content (AvgIpc) is 2.88. The van der Waals surface area contributed by atoms with Crippen LogP contribution in [0.2, 0.25) is 0 Å². The fourth-order valence-electron chi connectivity index (χ4n) is 2.04. The molecule has 1 aromatic heterocycles. The maximum Gasteiger partial charge on any atom is 0.356 e. The van der Waals surface area contributed by atoms with Gasteiger partial charge in [-0.3, -0.25) is 4.68 Å². The number of aromatic carboxylic acids is 1. The Bertz CT molecular complexity index is 610. The van der Waals surface area contributed by atoms with Gasteiger partial charge in [0, 0.05) is 19.6 Å². The van der Waals surface area contributed by atoms with Crippen LogP contribution in [0.3, 0.4) is 0 Å². The third kappa shape index (κ3) is 4.68. The van der Waals surface area contributed by atoms with Crippen LogP contribution in [0.15, 0.2) is 36.4 Å². The van der Waals surface area contributed by atoms with Crippen LogP contribution in [0.1, 0.15) is 28.7 Å². The van der Waals surface area contributed by atoms with Crippen molar-refractivity contribution in [2.75, 3.05) is 6.61 Å². The maximum atomic E-state index is 10.9. The van der Waals surface area contributed by atoms with E-state index in [9.17, 15) is 4.79 Å². The zero-order valence-corrected chi connectivity index (χ0v) is 12.8. The SMILES string of the molecule is CC(COCc1ccccc1)NCc1cc(C(=O)O)nn1C. The summed E-state index contributed by atoms with van der Waals surface area (Å²) in [4.78, 5) is 10.9. The minimum atomic E-state index is -1.01. The largest absolute Gasteiger partial charge is 0.476 e. The van der Waals surface area contributed by atoms with Crippen LogP contribution in [0.25, 0.3) is 0 Å². The molecule has 2 N–H and O–H groups in total. The summed E-state index contributed by atoms with van der Waals surface area (Å²) in [6.45, 7) is 3.74. The number of carbonyl (C=O) groups is 1. The third-order valence-corrected chi connectivity index (χ3v) is 3.31. The van der Waals surface area contributed by atoms with Crippen molar-refractivity contribution in [2.45, 2.75) is 26.1 Å². The lowest BCUT2D eigenvalue weighted by molar-refractivity contribution is 0.0689. The minimum absolute atomic E-state index is 0.0623. The predicted octanol–water partition coefficient (Wildman–Crippen LogP) is 1.81. The number of carboxylic acid groups (broad SMARTS) is 1. The lowest BCUT2D eigenvalue weighted by Gasteiger charge is -2.14. The highest BCUT2D eigenvalue weighted by molar-refractivity contribution is 5.85. The van der Waals surface area contributed by atoms with Gasteiger partial charge in [-0.15, -0.1) is 0 Å². The first-order valence-electron chi connectivity index (χ1n) is 7.17. The highest BCUT2D eigenvalue weighted by atomic mass is 16.5. The van der Waals surface area contributed by atoms with Crippen molar-refractivity contribution in [3.63, 3.8) is 0 Å². The number of carboxylic acids is 1. The molecule has 0 saturated carbocycles. The summed E-state index contributed by atoms with van der Waals surface area (Å²) in [6.07, 6.45) is 0. The van der Waals surface area contributed by atoms with Crippen LogP contribution in [0, 0.1) is 0 Å². The van der Waals surface area contributed by atoms with Crippen LogP contribution in [0.5, 0.6) is 0 Å². The molecule has 1 aromatic carbocycles. The molecular weight excluding hydrogens is 282 g/mol. The first kappa shape index (κ1) is 16.2. The Morgan fingerprint density at radius 1 is 1.41 bits per heavy atom. The van der Waals surface area contributed by atoms with E-state index in [0.29, 0.717) is 19.8 Å². The zero-order valence-electron chi connectivity index (χ0n) is 12.8. The third-order valence-electron chi connectivity index (χ3n) is 3.31. The fourth-order valence-corrected chi connectivity index (χ4v) is 2.04. The van der Waals surface area contributed by atoms with Gasteiger partial charge in [-0.25, -0.2) is 4.79 Å². The molecule has 0 fully saturated rings. The number of rotatable bonds is 8. The molecule has 0 aliphatic rings. The van der Waals surface area contributed by atoms with E-state index >= 15 is 0 Å². The number of ether oxygens (including phenoxy) is 1. The summed E-state index contributed by atoms with van der Waals surface area (Å²) < 4.78 is 7.24. The molecule has 0 amide bonds. The quantitative estimate of drug-likeness (QED) is 0.778. The molecule has 6 heteroatoms. The van der Waals surface area contributed by atoms with Gasteiger partial charge in [0.1, 0.15) is 0 Å². The van der Waals surface area contributed by atoms with Crippen LogP contribution in [0.4, 0.5) is 0 Å². The molecule has 0 aliphatic carbocycles. The van der Waals surface area contributed by atoms with Gasteiger partial charge in [0.2, 0.25) is 0 Å². The topological polar surface area (TPSA) is 76.4 Å². The lowest BCUT2D eigenvalue weighted by atomic mass is 10.2. The number of aryl methyl sites for hydroxylation is 1. The molecular formula is C16H21N3O3. The molecule has 0 radical (unpaired) electrons. The van der Waals surface area contributed by atoms with E-state index in [1.54, 1.807) is 17.8 Å². The molecule has 1 unspecified atom stereocenters. The van der Waals surface area contributed by atoms with Crippen molar-refractivity contribution in [1.82, 2.24) is 15.1 Å². The number of hydrogen-bond donors (Lipinski definition) is 2. The van der Waals surface area contributed by atoms with Gasteiger partial charge >= 0.3 is 5.97 Å². The van der Waals surface area contributed by atoms with Crippen LogP contribution < -0.4 is 5.32 Å². The van der Waals surface area contributed by atoms with E-state index in [4.69, 9.17) is 9.84 Å². The Kier molecular flexibility index (Phi) is 5.68. The van der Waals surface area contributed by atoms with Crippen LogP contribution in [-0.2, 0) is 24.9 Å². The van der Waals surface area contributed by atoms with Crippen LogP contribution >= 0.6 is 0 Å². The predicted molar refractivity (Wildman–Crippen MR) is 82.6 cm³/mol. The minimum Gasteiger partial charge on any atom is -0.476 e. The number of hydrogen-bond acceptors (Lipinski definition) is 4. The van der Waals surface area contributed by atoms with Gasteiger partial charge in [-0.2, -0.15) is 5.10 Å².